The maximum Gasteiger partial charge on any atom is 0.119 e. The number of ether oxygens (including phenoxy) is 1. The Balaban J connectivity index is 1.85. The van der Waals surface area contributed by atoms with Gasteiger partial charge in [0, 0.05) is 18.7 Å². The van der Waals surface area contributed by atoms with Crippen LogP contribution in [0.3, 0.4) is 0 Å². The third-order valence-corrected chi connectivity index (χ3v) is 4.19. The first kappa shape index (κ1) is 11.1. The van der Waals surface area contributed by atoms with E-state index in [9.17, 15) is 5.11 Å². The van der Waals surface area contributed by atoms with E-state index >= 15 is 0 Å². The molecule has 0 bridgehead atoms. The average Bonchev–Trinajstić information content (AvgIpc) is 2.98. The summed E-state index contributed by atoms with van der Waals surface area (Å²) in [5.74, 6) is 0.459. The molecule has 1 aliphatic heterocycles. The number of fused-ring (bicyclic) bond motifs is 1. The molecule has 0 saturated carbocycles. The van der Waals surface area contributed by atoms with Crippen LogP contribution in [0.2, 0.25) is 0 Å². The number of aromatic hydroxyl groups is 1. The summed E-state index contributed by atoms with van der Waals surface area (Å²) >= 11 is 0. The van der Waals surface area contributed by atoms with E-state index in [1.54, 1.807) is 6.07 Å². The van der Waals surface area contributed by atoms with Crippen LogP contribution >= 0.6 is 0 Å². The fourth-order valence-electron chi connectivity index (χ4n) is 3.13. The molecule has 1 aromatic rings. The van der Waals surface area contributed by atoms with Gasteiger partial charge in [-0.1, -0.05) is 12.1 Å². The lowest BCUT2D eigenvalue weighted by atomic mass is 10.0. The van der Waals surface area contributed by atoms with Gasteiger partial charge in [-0.25, -0.2) is 0 Å². The van der Waals surface area contributed by atoms with Gasteiger partial charge in [-0.05, 0) is 43.5 Å². The van der Waals surface area contributed by atoms with Gasteiger partial charge in [0.1, 0.15) is 5.75 Å². The van der Waals surface area contributed by atoms with E-state index in [-0.39, 0.29) is 0 Å². The third kappa shape index (κ3) is 1.83. The van der Waals surface area contributed by atoms with E-state index in [0.29, 0.717) is 17.8 Å². The van der Waals surface area contributed by atoms with Gasteiger partial charge in [0.2, 0.25) is 0 Å². The lowest BCUT2D eigenvalue weighted by Gasteiger charge is -2.30. The highest BCUT2D eigenvalue weighted by molar-refractivity contribution is 5.44. The quantitative estimate of drug-likeness (QED) is 0.849. The molecule has 0 aromatic heterocycles. The van der Waals surface area contributed by atoms with E-state index in [1.165, 1.54) is 5.56 Å². The van der Waals surface area contributed by atoms with Crippen molar-refractivity contribution in [3.05, 3.63) is 29.3 Å². The number of phenols is 1. The van der Waals surface area contributed by atoms with Crippen molar-refractivity contribution < 1.29 is 9.84 Å². The molecule has 0 amide bonds. The smallest absolute Gasteiger partial charge is 0.119 e. The Bertz CT molecular complexity index is 413. The van der Waals surface area contributed by atoms with Crippen LogP contribution in [0, 0.1) is 0 Å². The minimum Gasteiger partial charge on any atom is -0.508 e. The zero-order valence-electron chi connectivity index (χ0n) is 10.2. The lowest BCUT2D eigenvalue weighted by Crippen LogP contribution is -2.34. The number of phenolic OH excluding ortho intramolecular Hbond substituents is 1. The van der Waals surface area contributed by atoms with Crippen LogP contribution < -0.4 is 0 Å². The first-order valence-corrected chi connectivity index (χ1v) is 6.38. The van der Waals surface area contributed by atoms with Crippen molar-refractivity contribution in [3.63, 3.8) is 0 Å². The van der Waals surface area contributed by atoms with E-state index in [2.05, 4.69) is 18.0 Å². The zero-order valence-corrected chi connectivity index (χ0v) is 10.2. The van der Waals surface area contributed by atoms with Gasteiger partial charge in [-0.2, -0.15) is 0 Å². The number of rotatable bonds is 2. The second-order valence-electron chi connectivity index (χ2n) is 5.08. The summed E-state index contributed by atoms with van der Waals surface area (Å²) in [6.45, 7) is 1.73. The molecule has 1 saturated heterocycles. The van der Waals surface area contributed by atoms with Gasteiger partial charge >= 0.3 is 0 Å². The van der Waals surface area contributed by atoms with E-state index < -0.39 is 0 Å². The van der Waals surface area contributed by atoms with Crippen LogP contribution in [-0.4, -0.2) is 36.3 Å². The first-order chi connectivity index (χ1) is 8.27. The molecule has 1 fully saturated rings. The molecule has 0 radical (unpaired) electrons. The standard InChI is InChI=1S/C14H19NO2/c1-15(10-7-8-17-9-10)13-6-5-12-11(13)3-2-4-14(12)16/h2-4,10,13,16H,5-9H2,1H3. The minimum atomic E-state index is 0.448. The predicted octanol–water partition coefficient (Wildman–Crippen LogP) is 2.10. The monoisotopic (exact) mass is 233 g/mol. The topological polar surface area (TPSA) is 32.7 Å². The number of nitrogens with zero attached hydrogens (tertiary/aromatic N) is 1. The zero-order chi connectivity index (χ0) is 11.8. The average molecular weight is 233 g/mol. The molecule has 1 aliphatic carbocycles. The predicted molar refractivity (Wildman–Crippen MR) is 66.2 cm³/mol. The molecule has 1 heterocycles. The van der Waals surface area contributed by atoms with E-state index in [4.69, 9.17) is 4.74 Å². The third-order valence-electron chi connectivity index (χ3n) is 4.19. The highest BCUT2D eigenvalue weighted by atomic mass is 16.5. The molecule has 92 valence electrons. The fourth-order valence-corrected chi connectivity index (χ4v) is 3.13. The van der Waals surface area contributed by atoms with Crippen molar-refractivity contribution in [1.82, 2.24) is 4.90 Å². The molecule has 1 N–H and O–H groups in total. The van der Waals surface area contributed by atoms with Gasteiger partial charge in [0.15, 0.2) is 0 Å². The van der Waals surface area contributed by atoms with E-state index in [1.807, 2.05) is 6.07 Å². The fraction of sp³-hybridized carbons (Fsp3) is 0.571. The Labute approximate surface area is 102 Å². The molecule has 3 heteroatoms. The number of likely N-dealkylation sites (N-methyl/N-ethyl adjacent to an activating group) is 1. The normalized spacial score (nSPS) is 27.6. The summed E-state index contributed by atoms with van der Waals surface area (Å²) in [5.41, 5.74) is 2.45. The number of hydrogen-bond donors (Lipinski definition) is 1. The highest BCUT2D eigenvalue weighted by Crippen LogP contribution is 2.40. The molecular formula is C14H19NO2. The SMILES string of the molecule is CN(C1CCOC1)C1CCc2c(O)cccc21. The second-order valence-corrected chi connectivity index (χ2v) is 5.08. The van der Waals surface area contributed by atoms with Gasteiger partial charge in [-0.3, -0.25) is 4.90 Å². The van der Waals surface area contributed by atoms with Crippen LogP contribution in [0.1, 0.15) is 30.0 Å². The summed E-state index contributed by atoms with van der Waals surface area (Å²) in [4.78, 5) is 2.43. The van der Waals surface area contributed by atoms with Gasteiger partial charge in [0.25, 0.3) is 0 Å². The first-order valence-electron chi connectivity index (χ1n) is 6.38. The molecule has 17 heavy (non-hydrogen) atoms. The Morgan fingerprint density at radius 1 is 1.35 bits per heavy atom. The molecule has 3 rings (SSSR count). The van der Waals surface area contributed by atoms with Crippen LogP contribution in [0.15, 0.2) is 18.2 Å². The Kier molecular flexibility index (Phi) is 2.81. The van der Waals surface area contributed by atoms with Crippen molar-refractivity contribution in [3.8, 4) is 5.75 Å². The molecule has 3 nitrogen and oxygen atoms in total. The summed E-state index contributed by atoms with van der Waals surface area (Å²) < 4.78 is 5.46. The molecule has 0 spiro atoms. The minimum absolute atomic E-state index is 0.448. The van der Waals surface area contributed by atoms with Crippen LogP contribution in [0.25, 0.3) is 0 Å². The van der Waals surface area contributed by atoms with Crippen molar-refractivity contribution in [2.75, 3.05) is 20.3 Å². The molecule has 2 aliphatic rings. The van der Waals surface area contributed by atoms with Crippen molar-refractivity contribution in [2.45, 2.75) is 31.3 Å². The van der Waals surface area contributed by atoms with Gasteiger partial charge < -0.3 is 9.84 Å². The molecule has 2 unspecified atom stereocenters. The highest BCUT2D eigenvalue weighted by Gasteiger charge is 2.32. The summed E-state index contributed by atoms with van der Waals surface area (Å²) in [6, 6.07) is 6.88. The van der Waals surface area contributed by atoms with Gasteiger partial charge in [-0.15, -0.1) is 0 Å². The molecule has 2 atom stereocenters. The second kappa shape index (κ2) is 4.31. The van der Waals surface area contributed by atoms with Gasteiger partial charge in [0.05, 0.1) is 6.61 Å². The molecule has 1 aromatic carbocycles. The number of hydrogen-bond acceptors (Lipinski definition) is 3. The largest absolute Gasteiger partial charge is 0.508 e. The maximum absolute atomic E-state index is 9.85. The summed E-state index contributed by atoms with van der Waals surface area (Å²) in [6.07, 6.45) is 3.23. The van der Waals surface area contributed by atoms with Crippen molar-refractivity contribution >= 4 is 0 Å². The van der Waals surface area contributed by atoms with E-state index in [0.717, 1.165) is 38.0 Å². The Morgan fingerprint density at radius 3 is 3.00 bits per heavy atom. The van der Waals surface area contributed by atoms with Crippen molar-refractivity contribution in [1.29, 1.82) is 0 Å². The van der Waals surface area contributed by atoms with Crippen molar-refractivity contribution in [2.24, 2.45) is 0 Å². The van der Waals surface area contributed by atoms with Crippen LogP contribution in [0.5, 0.6) is 5.75 Å². The Morgan fingerprint density at radius 2 is 2.24 bits per heavy atom. The maximum atomic E-state index is 9.85. The summed E-state index contributed by atoms with van der Waals surface area (Å²) in [5, 5.41) is 9.85. The molecular weight excluding hydrogens is 214 g/mol. The van der Waals surface area contributed by atoms with Crippen LogP contribution in [0.4, 0.5) is 0 Å². The van der Waals surface area contributed by atoms with Crippen LogP contribution in [-0.2, 0) is 11.2 Å². The Hall–Kier alpha value is -1.06. The summed E-state index contributed by atoms with van der Waals surface area (Å²) in [7, 11) is 2.18. The lowest BCUT2D eigenvalue weighted by molar-refractivity contribution is 0.132. The number of benzene rings is 1.